The SMILES string of the molecule is COc1ccc(OC)c(N(CC(=O)N(Cc2ccccc2F)[C@H](Cc2ccccc2)C(=O)NC2CCCC2)S(=O)(=O)c2ccccc2)c1. The second kappa shape index (κ2) is 15.8. The van der Waals surface area contributed by atoms with Crippen molar-refractivity contribution in [3.8, 4) is 11.5 Å². The number of hydrogen-bond acceptors (Lipinski definition) is 6. The van der Waals surface area contributed by atoms with Gasteiger partial charge < -0.3 is 19.7 Å². The van der Waals surface area contributed by atoms with Gasteiger partial charge in [-0.3, -0.25) is 13.9 Å². The summed E-state index contributed by atoms with van der Waals surface area (Å²) >= 11 is 0. The number of hydrogen-bond donors (Lipinski definition) is 1. The summed E-state index contributed by atoms with van der Waals surface area (Å²) in [4.78, 5) is 30.0. The smallest absolute Gasteiger partial charge is 0.264 e. The van der Waals surface area contributed by atoms with E-state index in [1.807, 2.05) is 30.3 Å². The first kappa shape index (κ1) is 34.4. The predicted molar refractivity (Wildman–Crippen MR) is 182 cm³/mol. The maximum atomic E-state index is 15.2. The molecule has 0 aliphatic heterocycles. The van der Waals surface area contributed by atoms with Crippen LogP contribution < -0.4 is 19.1 Å². The summed E-state index contributed by atoms with van der Waals surface area (Å²) in [5.74, 6) is -1.11. The molecule has 48 heavy (non-hydrogen) atoms. The number of carbonyl (C=O) groups excluding carboxylic acids is 2. The molecular weight excluding hydrogens is 633 g/mol. The average Bonchev–Trinajstić information content (AvgIpc) is 3.63. The molecule has 1 fully saturated rings. The Morgan fingerprint density at radius 2 is 1.52 bits per heavy atom. The molecule has 0 aromatic heterocycles. The quantitative estimate of drug-likeness (QED) is 0.183. The highest BCUT2D eigenvalue weighted by Crippen LogP contribution is 2.36. The van der Waals surface area contributed by atoms with Crippen molar-refractivity contribution >= 4 is 27.5 Å². The minimum Gasteiger partial charge on any atom is -0.497 e. The molecule has 0 radical (unpaired) electrons. The molecule has 1 saturated carbocycles. The van der Waals surface area contributed by atoms with Crippen LogP contribution in [0.5, 0.6) is 11.5 Å². The van der Waals surface area contributed by atoms with Gasteiger partial charge in [-0.05, 0) is 48.7 Å². The molecule has 1 aliphatic carbocycles. The molecule has 11 heteroatoms. The number of ether oxygens (including phenoxy) is 2. The van der Waals surface area contributed by atoms with E-state index >= 15 is 4.39 Å². The second-order valence-corrected chi connectivity index (χ2v) is 13.5. The fourth-order valence-corrected chi connectivity index (χ4v) is 7.39. The van der Waals surface area contributed by atoms with E-state index in [9.17, 15) is 18.0 Å². The van der Waals surface area contributed by atoms with E-state index in [-0.39, 0.29) is 46.8 Å². The fourth-order valence-electron chi connectivity index (χ4n) is 5.96. The van der Waals surface area contributed by atoms with Crippen molar-refractivity contribution in [2.24, 2.45) is 0 Å². The Morgan fingerprint density at radius 3 is 2.17 bits per heavy atom. The highest BCUT2D eigenvalue weighted by molar-refractivity contribution is 7.92. The maximum absolute atomic E-state index is 15.2. The molecule has 1 aliphatic rings. The van der Waals surface area contributed by atoms with Crippen LogP contribution in [0.3, 0.4) is 0 Å². The Kier molecular flexibility index (Phi) is 11.3. The van der Waals surface area contributed by atoms with E-state index in [0.717, 1.165) is 35.6 Å². The van der Waals surface area contributed by atoms with Gasteiger partial charge in [0.1, 0.15) is 29.9 Å². The van der Waals surface area contributed by atoms with Crippen molar-refractivity contribution in [2.45, 2.75) is 55.6 Å². The zero-order valence-electron chi connectivity index (χ0n) is 27.0. The van der Waals surface area contributed by atoms with Crippen molar-refractivity contribution in [2.75, 3.05) is 25.1 Å². The zero-order valence-corrected chi connectivity index (χ0v) is 27.9. The number of rotatable bonds is 14. The number of anilines is 1. The number of benzene rings is 4. The highest BCUT2D eigenvalue weighted by atomic mass is 32.2. The van der Waals surface area contributed by atoms with Crippen LogP contribution in [0.2, 0.25) is 0 Å². The Bertz CT molecular complexity index is 1800. The molecule has 0 heterocycles. The van der Waals surface area contributed by atoms with Crippen molar-refractivity contribution in [1.82, 2.24) is 10.2 Å². The number of methoxy groups -OCH3 is 2. The van der Waals surface area contributed by atoms with Gasteiger partial charge in [-0.2, -0.15) is 0 Å². The molecule has 4 aromatic rings. The van der Waals surface area contributed by atoms with Gasteiger partial charge in [0.25, 0.3) is 10.0 Å². The molecular formula is C37H40FN3O6S. The van der Waals surface area contributed by atoms with Crippen LogP contribution in [0.4, 0.5) is 10.1 Å². The van der Waals surface area contributed by atoms with Gasteiger partial charge >= 0.3 is 0 Å². The van der Waals surface area contributed by atoms with Gasteiger partial charge in [-0.15, -0.1) is 0 Å². The summed E-state index contributed by atoms with van der Waals surface area (Å²) in [6.07, 6.45) is 3.75. The number of nitrogens with zero attached hydrogens (tertiary/aromatic N) is 2. The van der Waals surface area contributed by atoms with Crippen LogP contribution in [0, 0.1) is 5.82 Å². The Hall–Kier alpha value is -4.90. The summed E-state index contributed by atoms with van der Waals surface area (Å²) in [6.45, 7) is -0.979. The first-order chi connectivity index (χ1) is 23.2. The first-order valence-electron chi connectivity index (χ1n) is 15.9. The highest BCUT2D eigenvalue weighted by Gasteiger charge is 2.36. The number of sulfonamides is 1. The summed E-state index contributed by atoms with van der Waals surface area (Å²) in [7, 11) is -1.53. The third-order valence-corrected chi connectivity index (χ3v) is 10.3. The lowest BCUT2D eigenvalue weighted by Gasteiger charge is -2.34. The standard InChI is InChI=1S/C37H40FN3O6S/c1-46-30-21-22-35(47-2)33(24-30)41(48(44,45)31-18-7-4-8-19-31)26-36(42)40(25-28-15-9-12-20-32(28)38)34(23-27-13-5-3-6-14-27)37(43)39-29-16-10-11-17-29/h3-9,12-15,18-22,24,29,34H,10-11,16-17,23,25-26H2,1-2H3,(H,39,43)/t34-/m1/s1. The number of nitrogens with one attached hydrogen (secondary N) is 1. The summed E-state index contributed by atoms with van der Waals surface area (Å²) in [6, 6.07) is 26.5. The van der Waals surface area contributed by atoms with Gasteiger partial charge in [0, 0.05) is 30.6 Å². The monoisotopic (exact) mass is 673 g/mol. The van der Waals surface area contributed by atoms with Crippen molar-refractivity contribution < 1.29 is 31.9 Å². The van der Waals surface area contributed by atoms with Crippen LogP contribution in [0.25, 0.3) is 0 Å². The van der Waals surface area contributed by atoms with Crippen LogP contribution in [0.1, 0.15) is 36.8 Å². The summed E-state index contributed by atoms with van der Waals surface area (Å²) in [5.41, 5.74) is 1.04. The zero-order chi connectivity index (χ0) is 34.1. The molecule has 1 N–H and O–H groups in total. The van der Waals surface area contributed by atoms with Crippen LogP contribution >= 0.6 is 0 Å². The third-order valence-electron chi connectivity index (χ3n) is 8.54. The molecule has 0 spiro atoms. The van der Waals surface area contributed by atoms with Crippen molar-refractivity contribution in [3.63, 3.8) is 0 Å². The van der Waals surface area contributed by atoms with E-state index in [2.05, 4.69) is 5.32 Å². The number of amides is 2. The van der Waals surface area contributed by atoms with Gasteiger partial charge in [-0.25, -0.2) is 12.8 Å². The predicted octanol–water partition coefficient (Wildman–Crippen LogP) is 5.74. The molecule has 0 unspecified atom stereocenters. The molecule has 0 bridgehead atoms. The molecule has 2 amide bonds. The lowest BCUT2D eigenvalue weighted by Crippen LogP contribution is -2.54. The van der Waals surface area contributed by atoms with Gasteiger partial charge in [0.2, 0.25) is 11.8 Å². The third kappa shape index (κ3) is 8.14. The molecule has 1 atom stereocenters. The largest absolute Gasteiger partial charge is 0.497 e. The molecule has 0 saturated heterocycles. The van der Waals surface area contributed by atoms with E-state index in [1.165, 1.54) is 43.4 Å². The normalized spacial score (nSPS) is 13.8. The van der Waals surface area contributed by atoms with Crippen LogP contribution in [-0.4, -0.2) is 58.0 Å². The fraction of sp³-hybridized carbons (Fsp3) is 0.297. The molecule has 4 aromatic carbocycles. The topological polar surface area (TPSA) is 105 Å². The molecule has 252 valence electrons. The van der Waals surface area contributed by atoms with Crippen LogP contribution in [0.15, 0.2) is 108 Å². The van der Waals surface area contributed by atoms with Gasteiger partial charge in [0.05, 0.1) is 24.8 Å². The Morgan fingerprint density at radius 1 is 0.875 bits per heavy atom. The second-order valence-electron chi connectivity index (χ2n) is 11.7. The Balaban J connectivity index is 1.62. The van der Waals surface area contributed by atoms with E-state index in [4.69, 9.17) is 9.47 Å². The molecule has 5 rings (SSSR count). The van der Waals surface area contributed by atoms with E-state index in [0.29, 0.717) is 5.75 Å². The van der Waals surface area contributed by atoms with E-state index < -0.39 is 34.3 Å². The van der Waals surface area contributed by atoms with Crippen molar-refractivity contribution in [3.05, 3.63) is 120 Å². The summed E-state index contributed by atoms with van der Waals surface area (Å²) in [5, 5.41) is 3.11. The molecule has 9 nitrogen and oxygen atoms in total. The number of halogens is 1. The minimum absolute atomic E-state index is 0.0443. The number of carbonyl (C=O) groups is 2. The minimum atomic E-state index is -4.37. The lowest BCUT2D eigenvalue weighted by atomic mass is 10.0. The van der Waals surface area contributed by atoms with E-state index in [1.54, 1.807) is 48.5 Å². The van der Waals surface area contributed by atoms with Crippen LogP contribution in [-0.2, 0) is 32.6 Å². The first-order valence-corrected chi connectivity index (χ1v) is 17.3. The van der Waals surface area contributed by atoms with Gasteiger partial charge in [-0.1, -0.05) is 79.6 Å². The summed E-state index contributed by atoms with van der Waals surface area (Å²) < 4.78 is 55.7. The maximum Gasteiger partial charge on any atom is 0.264 e. The van der Waals surface area contributed by atoms with Gasteiger partial charge in [0.15, 0.2) is 0 Å². The van der Waals surface area contributed by atoms with Crippen molar-refractivity contribution in [1.29, 1.82) is 0 Å². The average molecular weight is 674 g/mol. The Labute approximate surface area is 281 Å². The lowest BCUT2D eigenvalue weighted by molar-refractivity contribution is -0.140.